The summed E-state index contributed by atoms with van der Waals surface area (Å²) in [6, 6.07) is 12.9. The number of nitrogens with two attached hydrogens (primary N) is 1. The van der Waals surface area contributed by atoms with E-state index in [0.29, 0.717) is 11.1 Å². The fourth-order valence-electron chi connectivity index (χ4n) is 1.88. The van der Waals surface area contributed by atoms with E-state index in [0.717, 1.165) is 5.56 Å². The number of carboxylic acid groups (broad SMARTS) is 1. The zero-order valence-corrected chi connectivity index (χ0v) is 10.2. The van der Waals surface area contributed by atoms with Crippen LogP contribution in [-0.2, 0) is 11.2 Å². The van der Waals surface area contributed by atoms with Crippen LogP contribution in [0, 0.1) is 5.82 Å². The lowest BCUT2D eigenvalue weighted by Gasteiger charge is -2.09. The number of aliphatic carboxylic acids is 1. The van der Waals surface area contributed by atoms with Gasteiger partial charge in [0.15, 0.2) is 0 Å². The van der Waals surface area contributed by atoms with E-state index >= 15 is 0 Å². The summed E-state index contributed by atoms with van der Waals surface area (Å²) in [6.07, 6.45) is 0.112. The molecular weight excluding hydrogens is 245 g/mol. The van der Waals surface area contributed by atoms with E-state index in [4.69, 9.17) is 10.8 Å². The molecule has 1 atom stereocenters. The van der Waals surface area contributed by atoms with Gasteiger partial charge in [-0.3, -0.25) is 4.79 Å². The normalized spacial score (nSPS) is 12.1. The van der Waals surface area contributed by atoms with Crippen molar-refractivity contribution in [2.24, 2.45) is 5.73 Å². The maximum atomic E-state index is 14.0. The number of benzene rings is 2. The van der Waals surface area contributed by atoms with Crippen molar-refractivity contribution in [3.63, 3.8) is 0 Å². The van der Waals surface area contributed by atoms with Crippen LogP contribution in [0.25, 0.3) is 11.1 Å². The van der Waals surface area contributed by atoms with Gasteiger partial charge in [0.05, 0.1) is 0 Å². The molecule has 19 heavy (non-hydrogen) atoms. The smallest absolute Gasteiger partial charge is 0.320 e. The van der Waals surface area contributed by atoms with Crippen molar-refractivity contribution in [1.82, 2.24) is 0 Å². The molecule has 2 rings (SSSR count). The molecule has 2 aromatic carbocycles. The molecule has 0 saturated carbocycles. The third kappa shape index (κ3) is 3.17. The van der Waals surface area contributed by atoms with E-state index in [-0.39, 0.29) is 12.2 Å². The van der Waals surface area contributed by atoms with Gasteiger partial charge in [-0.05, 0) is 23.6 Å². The molecule has 0 bridgehead atoms. The average molecular weight is 259 g/mol. The van der Waals surface area contributed by atoms with Crippen molar-refractivity contribution in [2.45, 2.75) is 12.5 Å². The third-order valence-electron chi connectivity index (χ3n) is 2.89. The third-order valence-corrected chi connectivity index (χ3v) is 2.89. The highest BCUT2D eigenvalue weighted by molar-refractivity contribution is 5.73. The van der Waals surface area contributed by atoms with Crippen molar-refractivity contribution >= 4 is 5.97 Å². The van der Waals surface area contributed by atoms with Gasteiger partial charge < -0.3 is 10.8 Å². The molecule has 98 valence electrons. The summed E-state index contributed by atoms with van der Waals surface area (Å²) < 4.78 is 14.0. The van der Waals surface area contributed by atoms with Crippen molar-refractivity contribution in [3.8, 4) is 11.1 Å². The second-order valence-corrected chi connectivity index (χ2v) is 4.33. The summed E-state index contributed by atoms with van der Waals surface area (Å²) in [6.45, 7) is 0. The molecule has 4 heteroatoms. The minimum atomic E-state index is -1.09. The highest BCUT2D eigenvalue weighted by Gasteiger charge is 2.13. The molecule has 0 aliphatic carbocycles. The molecule has 0 spiro atoms. The minimum Gasteiger partial charge on any atom is -0.480 e. The summed E-state index contributed by atoms with van der Waals surface area (Å²) in [5.74, 6) is -1.46. The molecule has 0 aliphatic rings. The Hall–Kier alpha value is -2.20. The van der Waals surface area contributed by atoms with Crippen LogP contribution in [0.4, 0.5) is 4.39 Å². The topological polar surface area (TPSA) is 63.3 Å². The van der Waals surface area contributed by atoms with Gasteiger partial charge in [0.1, 0.15) is 11.9 Å². The minimum absolute atomic E-state index is 0.112. The van der Waals surface area contributed by atoms with Gasteiger partial charge in [0.25, 0.3) is 0 Å². The molecular formula is C15H14FNO2. The molecule has 1 unspecified atom stereocenters. The Morgan fingerprint density at radius 2 is 1.89 bits per heavy atom. The van der Waals surface area contributed by atoms with Gasteiger partial charge in [0, 0.05) is 5.56 Å². The number of halogens is 1. The largest absolute Gasteiger partial charge is 0.480 e. The van der Waals surface area contributed by atoms with Gasteiger partial charge in [-0.15, -0.1) is 0 Å². The van der Waals surface area contributed by atoms with Crippen LogP contribution < -0.4 is 5.73 Å². The highest BCUT2D eigenvalue weighted by atomic mass is 19.1. The molecule has 3 N–H and O–H groups in total. The zero-order chi connectivity index (χ0) is 13.8. The Labute approximate surface area is 110 Å². The SMILES string of the molecule is NC(Cc1ccc(-c2ccccc2)c(F)c1)C(=O)O. The Morgan fingerprint density at radius 1 is 1.21 bits per heavy atom. The lowest BCUT2D eigenvalue weighted by Crippen LogP contribution is -2.32. The molecule has 0 amide bonds. The quantitative estimate of drug-likeness (QED) is 0.886. The monoisotopic (exact) mass is 259 g/mol. The van der Waals surface area contributed by atoms with E-state index in [1.165, 1.54) is 6.07 Å². The predicted molar refractivity (Wildman–Crippen MR) is 71.2 cm³/mol. The first kappa shape index (κ1) is 13.2. The molecule has 0 fully saturated rings. The van der Waals surface area contributed by atoms with Crippen molar-refractivity contribution in [2.75, 3.05) is 0 Å². The molecule has 2 aromatic rings. The maximum Gasteiger partial charge on any atom is 0.320 e. The summed E-state index contributed by atoms with van der Waals surface area (Å²) in [5, 5.41) is 8.73. The fourth-order valence-corrected chi connectivity index (χ4v) is 1.88. The predicted octanol–water partition coefficient (Wildman–Crippen LogP) is 2.45. The average Bonchev–Trinajstić information content (AvgIpc) is 2.39. The zero-order valence-electron chi connectivity index (χ0n) is 10.2. The van der Waals surface area contributed by atoms with Crippen molar-refractivity contribution in [1.29, 1.82) is 0 Å². The van der Waals surface area contributed by atoms with Crippen molar-refractivity contribution in [3.05, 3.63) is 59.9 Å². The Morgan fingerprint density at radius 3 is 2.47 bits per heavy atom. The summed E-state index contributed by atoms with van der Waals surface area (Å²) in [4.78, 5) is 10.7. The number of carbonyl (C=O) groups is 1. The van der Waals surface area contributed by atoms with E-state index < -0.39 is 12.0 Å². The molecule has 0 aliphatic heterocycles. The number of rotatable bonds is 4. The standard InChI is InChI=1S/C15H14FNO2/c16-13-8-10(9-14(17)15(18)19)6-7-12(13)11-4-2-1-3-5-11/h1-8,14H,9,17H2,(H,18,19). The Kier molecular flexibility index (Phi) is 3.92. The summed E-state index contributed by atoms with van der Waals surface area (Å²) in [5.41, 5.74) is 7.28. The van der Waals surface area contributed by atoms with Gasteiger partial charge >= 0.3 is 5.97 Å². The van der Waals surface area contributed by atoms with Crippen LogP contribution >= 0.6 is 0 Å². The van der Waals surface area contributed by atoms with Crippen LogP contribution in [0.5, 0.6) is 0 Å². The van der Waals surface area contributed by atoms with Crippen LogP contribution in [0.2, 0.25) is 0 Å². The van der Waals surface area contributed by atoms with Crippen LogP contribution in [0.1, 0.15) is 5.56 Å². The van der Waals surface area contributed by atoms with Crippen LogP contribution in [0.3, 0.4) is 0 Å². The lowest BCUT2D eigenvalue weighted by molar-refractivity contribution is -0.138. The first-order valence-electron chi connectivity index (χ1n) is 5.90. The summed E-state index contributed by atoms with van der Waals surface area (Å²) >= 11 is 0. The Balaban J connectivity index is 2.25. The van der Waals surface area contributed by atoms with Gasteiger partial charge in [-0.25, -0.2) is 4.39 Å². The number of carboxylic acids is 1. The van der Waals surface area contributed by atoms with Crippen LogP contribution in [-0.4, -0.2) is 17.1 Å². The van der Waals surface area contributed by atoms with Gasteiger partial charge in [-0.2, -0.15) is 0 Å². The van der Waals surface area contributed by atoms with E-state index in [2.05, 4.69) is 0 Å². The number of hydrogen-bond acceptors (Lipinski definition) is 2. The first-order chi connectivity index (χ1) is 9.08. The molecule has 0 saturated heterocycles. The second kappa shape index (κ2) is 5.63. The second-order valence-electron chi connectivity index (χ2n) is 4.33. The highest BCUT2D eigenvalue weighted by Crippen LogP contribution is 2.23. The van der Waals surface area contributed by atoms with Crippen LogP contribution in [0.15, 0.2) is 48.5 Å². The molecule has 0 heterocycles. The Bertz CT molecular complexity index is 584. The fraction of sp³-hybridized carbons (Fsp3) is 0.133. The van der Waals surface area contributed by atoms with E-state index in [1.807, 2.05) is 30.3 Å². The van der Waals surface area contributed by atoms with Gasteiger partial charge in [0.2, 0.25) is 0 Å². The van der Waals surface area contributed by atoms with E-state index in [1.54, 1.807) is 12.1 Å². The maximum absolute atomic E-state index is 14.0. The van der Waals surface area contributed by atoms with Gasteiger partial charge in [-0.1, -0.05) is 42.5 Å². The molecule has 3 nitrogen and oxygen atoms in total. The molecule has 0 aromatic heterocycles. The molecule has 0 radical (unpaired) electrons. The first-order valence-corrected chi connectivity index (χ1v) is 5.90. The lowest BCUT2D eigenvalue weighted by atomic mass is 10.0. The number of hydrogen-bond donors (Lipinski definition) is 2. The summed E-state index contributed by atoms with van der Waals surface area (Å²) in [7, 11) is 0. The van der Waals surface area contributed by atoms with Crippen molar-refractivity contribution < 1.29 is 14.3 Å². The van der Waals surface area contributed by atoms with E-state index in [9.17, 15) is 9.18 Å².